The molecule has 0 atom stereocenters. The molecule has 0 saturated heterocycles. The maximum absolute atomic E-state index is 12.4. The normalized spacial score (nSPS) is 11.9. The van der Waals surface area contributed by atoms with Crippen molar-refractivity contribution in [1.29, 1.82) is 0 Å². The van der Waals surface area contributed by atoms with Crippen LogP contribution < -0.4 is 5.32 Å². The van der Waals surface area contributed by atoms with Gasteiger partial charge in [0.15, 0.2) is 0 Å². The monoisotopic (exact) mass is 392 g/mol. The van der Waals surface area contributed by atoms with Gasteiger partial charge in [-0.3, -0.25) is 4.79 Å². The van der Waals surface area contributed by atoms with Crippen molar-refractivity contribution >= 4 is 39.3 Å². The van der Waals surface area contributed by atoms with Crippen LogP contribution in [-0.2, 0) is 14.8 Å². The number of nitrogens with zero attached hydrogens (tertiary/aromatic N) is 1. The van der Waals surface area contributed by atoms with E-state index in [2.05, 4.69) is 5.32 Å². The molecule has 2 aromatic carbocycles. The molecule has 5 nitrogen and oxygen atoms in total. The summed E-state index contributed by atoms with van der Waals surface area (Å²) in [5, 5.41) is 3.33. The lowest BCUT2D eigenvalue weighted by Crippen LogP contribution is -2.22. The zero-order valence-electron chi connectivity index (χ0n) is 15.1. The summed E-state index contributed by atoms with van der Waals surface area (Å²) in [4.78, 5) is 12.4. The molecule has 0 fully saturated rings. The summed E-state index contributed by atoms with van der Waals surface area (Å²) in [6.07, 6.45) is 3.03. The van der Waals surface area contributed by atoms with E-state index in [4.69, 9.17) is 11.6 Å². The Balaban J connectivity index is 2.28. The number of amides is 1. The molecule has 2 aromatic rings. The number of halogens is 1. The third-order valence-electron chi connectivity index (χ3n) is 3.95. The molecule has 0 aliphatic carbocycles. The predicted octanol–water partition coefficient (Wildman–Crippen LogP) is 3.86. The first-order valence-electron chi connectivity index (χ1n) is 7.89. The number of benzene rings is 2. The second-order valence-electron chi connectivity index (χ2n) is 6.08. The molecule has 26 heavy (non-hydrogen) atoms. The van der Waals surface area contributed by atoms with Crippen molar-refractivity contribution in [3.63, 3.8) is 0 Å². The van der Waals surface area contributed by atoms with Crippen molar-refractivity contribution in [2.45, 2.75) is 18.7 Å². The van der Waals surface area contributed by atoms with Crippen LogP contribution in [0.25, 0.3) is 6.08 Å². The maximum atomic E-state index is 12.4. The molecule has 0 bridgehead atoms. The van der Waals surface area contributed by atoms with E-state index in [9.17, 15) is 13.2 Å². The maximum Gasteiger partial charge on any atom is 0.248 e. The highest BCUT2D eigenvalue weighted by molar-refractivity contribution is 7.89. The molecule has 0 heterocycles. The first-order chi connectivity index (χ1) is 12.1. The lowest BCUT2D eigenvalue weighted by molar-refractivity contribution is -0.111. The van der Waals surface area contributed by atoms with Crippen molar-refractivity contribution in [2.75, 3.05) is 19.4 Å². The number of sulfonamides is 1. The van der Waals surface area contributed by atoms with Crippen LogP contribution in [0.3, 0.4) is 0 Å². The number of nitrogens with one attached hydrogen (secondary N) is 1. The fraction of sp³-hybridized carbons (Fsp3) is 0.211. The Morgan fingerprint density at radius 1 is 1.15 bits per heavy atom. The van der Waals surface area contributed by atoms with Gasteiger partial charge in [-0.05, 0) is 60.9 Å². The van der Waals surface area contributed by atoms with Gasteiger partial charge in [0.1, 0.15) is 0 Å². The molecule has 0 spiro atoms. The van der Waals surface area contributed by atoms with Crippen LogP contribution in [0.15, 0.2) is 47.4 Å². The van der Waals surface area contributed by atoms with E-state index in [0.717, 1.165) is 21.0 Å². The number of carbonyl (C=O) groups excluding carboxylic acids is 1. The first-order valence-corrected chi connectivity index (χ1v) is 9.71. The van der Waals surface area contributed by atoms with E-state index in [1.807, 2.05) is 19.9 Å². The molecule has 0 aromatic heterocycles. The molecule has 0 unspecified atom stereocenters. The Morgan fingerprint density at radius 2 is 1.85 bits per heavy atom. The van der Waals surface area contributed by atoms with E-state index in [0.29, 0.717) is 10.7 Å². The number of carbonyl (C=O) groups is 1. The highest BCUT2D eigenvalue weighted by Crippen LogP contribution is 2.25. The van der Waals surface area contributed by atoms with Crippen LogP contribution in [0, 0.1) is 13.8 Å². The first kappa shape index (κ1) is 20.2. The quantitative estimate of drug-likeness (QED) is 0.785. The molecule has 2 rings (SSSR count). The summed E-state index contributed by atoms with van der Waals surface area (Å²) in [5.41, 5.74) is 2.85. The molecule has 0 radical (unpaired) electrons. The highest BCUT2D eigenvalue weighted by atomic mass is 35.5. The van der Waals surface area contributed by atoms with E-state index >= 15 is 0 Å². The summed E-state index contributed by atoms with van der Waals surface area (Å²) in [6, 6.07) is 10.2. The number of hydrogen-bond acceptors (Lipinski definition) is 3. The molecule has 0 aliphatic heterocycles. The number of anilines is 1. The highest BCUT2D eigenvalue weighted by Gasteiger charge is 2.19. The van der Waals surface area contributed by atoms with Crippen LogP contribution in [0.2, 0.25) is 5.02 Å². The average molecular weight is 393 g/mol. The zero-order valence-corrected chi connectivity index (χ0v) is 16.6. The lowest BCUT2D eigenvalue weighted by Gasteiger charge is -2.16. The third-order valence-corrected chi connectivity index (χ3v) is 5.98. The van der Waals surface area contributed by atoms with Crippen molar-refractivity contribution in [1.82, 2.24) is 4.31 Å². The van der Waals surface area contributed by atoms with Gasteiger partial charge in [-0.15, -0.1) is 0 Å². The van der Waals surface area contributed by atoms with Gasteiger partial charge in [-0.25, -0.2) is 12.7 Å². The zero-order chi connectivity index (χ0) is 19.5. The molecule has 1 amide bonds. The Morgan fingerprint density at radius 3 is 2.46 bits per heavy atom. The second-order valence-corrected chi connectivity index (χ2v) is 8.67. The van der Waals surface area contributed by atoms with Crippen molar-refractivity contribution < 1.29 is 13.2 Å². The average Bonchev–Trinajstić information content (AvgIpc) is 2.56. The Bertz CT molecular complexity index is 967. The van der Waals surface area contributed by atoms with Crippen LogP contribution >= 0.6 is 11.6 Å². The van der Waals surface area contributed by atoms with E-state index < -0.39 is 10.0 Å². The SMILES string of the molecule is Cc1cc(S(=O)(=O)N(C)C)cc(NC(=O)/C=C/c2cccc(Cl)c2)c1C. The largest absolute Gasteiger partial charge is 0.322 e. The Kier molecular flexibility index (Phi) is 6.23. The molecule has 138 valence electrons. The Labute approximate surface area is 159 Å². The fourth-order valence-corrected chi connectivity index (χ4v) is 3.49. The van der Waals surface area contributed by atoms with Gasteiger partial charge >= 0.3 is 0 Å². The van der Waals surface area contributed by atoms with Crippen LogP contribution in [0.1, 0.15) is 16.7 Å². The molecular formula is C19H21ClN2O3S. The van der Waals surface area contributed by atoms with E-state index in [1.165, 1.54) is 26.2 Å². The minimum atomic E-state index is -3.59. The topological polar surface area (TPSA) is 66.5 Å². The minimum Gasteiger partial charge on any atom is -0.322 e. The van der Waals surface area contributed by atoms with Gasteiger partial charge < -0.3 is 5.32 Å². The van der Waals surface area contributed by atoms with E-state index in [-0.39, 0.29) is 10.8 Å². The fourth-order valence-electron chi connectivity index (χ4n) is 2.27. The smallest absolute Gasteiger partial charge is 0.248 e. The van der Waals surface area contributed by atoms with Gasteiger partial charge in [0.05, 0.1) is 4.90 Å². The minimum absolute atomic E-state index is 0.139. The molecule has 0 saturated carbocycles. The van der Waals surface area contributed by atoms with Gasteiger partial charge in [0, 0.05) is 30.9 Å². The third kappa shape index (κ3) is 4.72. The van der Waals surface area contributed by atoms with E-state index in [1.54, 1.807) is 30.3 Å². The van der Waals surface area contributed by atoms with Gasteiger partial charge in [0.25, 0.3) is 0 Å². The van der Waals surface area contributed by atoms with Crippen molar-refractivity contribution in [3.05, 3.63) is 64.2 Å². The van der Waals surface area contributed by atoms with Crippen LogP contribution in [0.5, 0.6) is 0 Å². The molecule has 0 aliphatic rings. The van der Waals surface area contributed by atoms with Gasteiger partial charge in [-0.1, -0.05) is 23.7 Å². The van der Waals surface area contributed by atoms with Crippen LogP contribution in [0.4, 0.5) is 5.69 Å². The summed E-state index contributed by atoms with van der Waals surface area (Å²) >= 11 is 5.92. The number of aryl methyl sites for hydroxylation is 1. The summed E-state index contributed by atoms with van der Waals surface area (Å²) in [6.45, 7) is 3.64. The predicted molar refractivity (Wildman–Crippen MR) is 106 cm³/mol. The van der Waals surface area contributed by atoms with Crippen molar-refractivity contribution in [3.8, 4) is 0 Å². The molecule has 7 heteroatoms. The summed E-state index contributed by atoms with van der Waals surface area (Å²) in [5.74, 6) is -0.355. The number of rotatable bonds is 5. The summed E-state index contributed by atoms with van der Waals surface area (Å²) < 4.78 is 25.9. The number of hydrogen-bond donors (Lipinski definition) is 1. The van der Waals surface area contributed by atoms with Crippen molar-refractivity contribution in [2.24, 2.45) is 0 Å². The van der Waals surface area contributed by atoms with Gasteiger partial charge in [-0.2, -0.15) is 0 Å². The standard InChI is InChI=1S/C19H21ClN2O3S/c1-13-10-17(26(24,25)22(3)4)12-18(14(13)2)21-19(23)9-8-15-6-5-7-16(20)11-15/h5-12H,1-4H3,(H,21,23)/b9-8+. The summed E-state index contributed by atoms with van der Waals surface area (Å²) in [7, 11) is -0.648. The lowest BCUT2D eigenvalue weighted by atomic mass is 10.1. The van der Waals surface area contributed by atoms with Gasteiger partial charge in [0.2, 0.25) is 15.9 Å². The molecular weight excluding hydrogens is 372 g/mol. The second kappa shape index (κ2) is 8.03. The Hall–Kier alpha value is -2.15. The van der Waals surface area contributed by atoms with Crippen LogP contribution in [-0.4, -0.2) is 32.7 Å². The molecule has 1 N–H and O–H groups in total.